The first kappa shape index (κ1) is 39.7. The van der Waals surface area contributed by atoms with Crippen molar-refractivity contribution in [3.8, 4) is 55.9 Å². The lowest BCUT2D eigenvalue weighted by atomic mass is 9.91. The van der Waals surface area contributed by atoms with Crippen molar-refractivity contribution in [2.24, 2.45) is 0 Å². The second-order valence-corrected chi connectivity index (χ2v) is 16.9. The normalized spacial score (nSPS) is 11.8. The highest BCUT2D eigenvalue weighted by atomic mass is 19.4. The number of rotatable bonds is 6. The summed E-state index contributed by atoms with van der Waals surface area (Å²) in [5.41, 5.74) is 14.2. The number of nitrogens with zero attached hydrogens (tertiary/aromatic N) is 3. The van der Waals surface area contributed by atoms with Gasteiger partial charge in [0.25, 0.3) is 0 Å². The molecule has 0 spiro atoms. The summed E-state index contributed by atoms with van der Waals surface area (Å²) in [6, 6.07) is 62.2. The van der Waals surface area contributed by atoms with Crippen LogP contribution in [0.25, 0.3) is 104 Å². The number of aromatic nitrogens is 2. The van der Waals surface area contributed by atoms with Crippen LogP contribution in [0.1, 0.15) is 22.3 Å². The number of hydrogen-bond donors (Lipinski definition) is 0. The Morgan fingerprint density at radius 2 is 0.969 bits per heavy atom. The molecule has 6 heteroatoms. The first-order valence-electron chi connectivity index (χ1n) is 21.6. The fourth-order valence-electron chi connectivity index (χ4n) is 9.86. The monoisotopic (exact) mass is 847 g/mol. The first-order valence-corrected chi connectivity index (χ1v) is 21.6. The second-order valence-electron chi connectivity index (χ2n) is 16.9. The van der Waals surface area contributed by atoms with E-state index in [2.05, 4.69) is 137 Å². The van der Waals surface area contributed by atoms with Gasteiger partial charge < -0.3 is 9.13 Å². The van der Waals surface area contributed by atoms with Crippen molar-refractivity contribution in [3.05, 3.63) is 222 Å². The number of halogens is 3. The molecule has 312 valence electrons. The maximum Gasteiger partial charge on any atom is 0.417 e. The molecule has 11 aromatic rings. The van der Waals surface area contributed by atoms with Crippen LogP contribution in [0.15, 0.2) is 188 Å². The summed E-state index contributed by atoms with van der Waals surface area (Å²) in [6.45, 7) is 14.4. The largest absolute Gasteiger partial charge is 0.417 e. The smallest absolute Gasteiger partial charge is 0.309 e. The van der Waals surface area contributed by atoms with E-state index in [-0.39, 0.29) is 5.56 Å². The Hall–Kier alpha value is -8.14. The van der Waals surface area contributed by atoms with Crippen molar-refractivity contribution in [2.75, 3.05) is 0 Å². The number of para-hydroxylation sites is 2. The molecule has 11 rings (SSSR count). The molecule has 2 heterocycles. The minimum atomic E-state index is -4.58. The maximum absolute atomic E-state index is 14.8. The van der Waals surface area contributed by atoms with Gasteiger partial charge in [-0.05, 0) is 138 Å². The van der Waals surface area contributed by atoms with Crippen LogP contribution >= 0.6 is 0 Å². The molecule has 0 atom stereocenters. The topological polar surface area (TPSA) is 14.2 Å². The maximum atomic E-state index is 14.8. The average molecular weight is 848 g/mol. The van der Waals surface area contributed by atoms with Crippen molar-refractivity contribution in [3.63, 3.8) is 0 Å². The first-order chi connectivity index (χ1) is 31.6. The van der Waals surface area contributed by atoms with Crippen LogP contribution in [-0.4, -0.2) is 9.13 Å². The number of benzene rings is 9. The molecule has 0 unspecified atom stereocenters. The molecule has 0 bridgehead atoms. The Bertz CT molecular complexity index is 3760. The summed E-state index contributed by atoms with van der Waals surface area (Å²) >= 11 is 0. The van der Waals surface area contributed by atoms with E-state index in [9.17, 15) is 13.2 Å². The SMILES string of the molecule is [C-]#[N+]c1ccc(-n2c3ccccc3c3cc(-c4cccc(C)c4)ccc32)cc1-c1cc(-c2c(C)cccc2C(F)(F)F)ccc1-n1c2ccccc2c2cc(-c3cccc(C)c3)ccc21. The van der Waals surface area contributed by atoms with E-state index in [1.54, 1.807) is 19.1 Å². The standard InChI is InChI=1S/C59H40F3N3/c1-36-12-9-15-39(30-36)41-22-27-55-48(32-41)45-17-5-7-20-53(45)64(55)44-25-26-52(63-4)47(35-44)50-34-43(58-38(3)14-11-19-51(58)59(60,61)62)24-29-57(50)65-54-21-8-6-18-46(54)49-33-42(23-28-56(49)65)40-16-10-13-37(2)31-40/h5-35H,1-3H3. The van der Waals surface area contributed by atoms with Gasteiger partial charge in [0.1, 0.15) is 0 Å². The highest BCUT2D eigenvalue weighted by molar-refractivity contribution is 6.12. The van der Waals surface area contributed by atoms with Crippen molar-refractivity contribution < 1.29 is 13.2 Å². The third-order valence-electron chi connectivity index (χ3n) is 12.8. The molecule has 3 nitrogen and oxygen atoms in total. The van der Waals surface area contributed by atoms with Crippen molar-refractivity contribution in [1.82, 2.24) is 9.13 Å². The molecule has 0 amide bonds. The van der Waals surface area contributed by atoms with Crippen LogP contribution in [0.5, 0.6) is 0 Å². The Balaban J connectivity index is 1.19. The van der Waals surface area contributed by atoms with Crippen molar-refractivity contribution >= 4 is 49.3 Å². The predicted octanol–water partition coefficient (Wildman–Crippen LogP) is 17.0. The summed E-state index contributed by atoms with van der Waals surface area (Å²) in [7, 11) is 0. The van der Waals surface area contributed by atoms with E-state index in [1.807, 2.05) is 54.6 Å². The molecule has 0 radical (unpaired) electrons. The van der Waals surface area contributed by atoms with E-state index < -0.39 is 11.7 Å². The van der Waals surface area contributed by atoms with Gasteiger partial charge in [-0.15, -0.1) is 0 Å². The van der Waals surface area contributed by atoms with E-state index in [4.69, 9.17) is 6.57 Å². The molecule has 0 saturated heterocycles. The Morgan fingerprint density at radius 3 is 1.57 bits per heavy atom. The lowest BCUT2D eigenvalue weighted by Crippen LogP contribution is -2.08. The zero-order valence-corrected chi connectivity index (χ0v) is 35.9. The fraction of sp³-hybridized carbons (Fsp3) is 0.0678. The van der Waals surface area contributed by atoms with Gasteiger partial charge in [-0.25, -0.2) is 4.85 Å². The predicted molar refractivity (Wildman–Crippen MR) is 262 cm³/mol. The number of alkyl halides is 3. The molecular formula is C59H40F3N3. The molecule has 65 heavy (non-hydrogen) atoms. The highest BCUT2D eigenvalue weighted by Gasteiger charge is 2.34. The third-order valence-corrected chi connectivity index (χ3v) is 12.8. The average Bonchev–Trinajstić information content (AvgIpc) is 3.83. The third kappa shape index (κ3) is 6.67. The molecule has 0 N–H and O–H groups in total. The summed E-state index contributed by atoms with van der Waals surface area (Å²) in [4.78, 5) is 4.07. The summed E-state index contributed by atoms with van der Waals surface area (Å²) < 4.78 is 48.9. The highest BCUT2D eigenvalue weighted by Crippen LogP contribution is 2.46. The van der Waals surface area contributed by atoms with Crippen LogP contribution in [-0.2, 0) is 6.18 Å². The molecule has 0 saturated carbocycles. The quantitative estimate of drug-likeness (QED) is 0.148. The van der Waals surface area contributed by atoms with Gasteiger partial charge in [-0.2, -0.15) is 13.2 Å². The number of fused-ring (bicyclic) bond motifs is 6. The Morgan fingerprint density at radius 1 is 0.431 bits per heavy atom. The van der Waals surface area contributed by atoms with Gasteiger partial charge in [0.05, 0.1) is 39.9 Å². The summed E-state index contributed by atoms with van der Waals surface area (Å²) in [5, 5.41) is 4.26. The lowest BCUT2D eigenvalue weighted by molar-refractivity contribution is -0.137. The van der Waals surface area contributed by atoms with Crippen LogP contribution < -0.4 is 0 Å². The van der Waals surface area contributed by atoms with Crippen LogP contribution in [0.2, 0.25) is 0 Å². The minimum Gasteiger partial charge on any atom is -0.309 e. The van der Waals surface area contributed by atoms with Gasteiger partial charge in [0, 0.05) is 27.2 Å². The number of hydrogen-bond acceptors (Lipinski definition) is 0. The lowest BCUT2D eigenvalue weighted by Gasteiger charge is -2.20. The Labute approximate surface area is 374 Å². The Kier molecular flexibility index (Phi) is 9.34. The van der Waals surface area contributed by atoms with E-state index in [0.717, 1.165) is 83.3 Å². The van der Waals surface area contributed by atoms with Gasteiger partial charge >= 0.3 is 6.18 Å². The molecule has 9 aromatic carbocycles. The van der Waals surface area contributed by atoms with Gasteiger partial charge in [0.15, 0.2) is 5.69 Å². The second kappa shape index (κ2) is 15.3. The molecule has 0 aliphatic rings. The van der Waals surface area contributed by atoms with E-state index in [1.165, 1.54) is 17.2 Å². The molecule has 0 aliphatic heterocycles. The summed E-state index contributed by atoms with van der Waals surface area (Å²) in [5.74, 6) is 0. The zero-order chi connectivity index (χ0) is 44.6. The van der Waals surface area contributed by atoms with E-state index >= 15 is 0 Å². The minimum absolute atomic E-state index is 0.116. The van der Waals surface area contributed by atoms with E-state index in [0.29, 0.717) is 27.9 Å². The number of aryl methyl sites for hydroxylation is 3. The molecule has 0 fully saturated rings. The van der Waals surface area contributed by atoms with Gasteiger partial charge in [-0.1, -0.05) is 132 Å². The van der Waals surface area contributed by atoms with Gasteiger partial charge in [0.2, 0.25) is 0 Å². The van der Waals surface area contributed by atoms with Crippen LogP contribution in [0.3, 0.4) is 0 Å². The van der Waals surface area contributed by atoms with Crippen LogP contribution in [0.4, 0.5) is 18.9 Å². The van der Waals surface area contributed by atoms with Crippen molar-refractivity contribution in [1.29, 1.82) is 0 Å². The van der Waals surface area contributed by atoms with Crippen LogP contribution in [0, 0.1) is 27.3 Å². The van der Waals surface area contributed by atoms with Crippen molar-refractivity contribution in [2.45, 2.75) is 26.9 Å². The molecule has 2 aromatic heterocycles. The fourth-order valence-corrected chi connectivity index (χ4v) is 9.86. The molecule has 0 aliphatic carbocycles. The molecular weight excluding hydrogens is 808 g/mol. The zero-order valence-electron chi connectivity index (χ0n) is 35.9. The van der Waals surface area contributed by atoms with Gasteiger partial charge in [-0.3, -0.25) is 0 Å². The summed E-state index contributed by atoms with van der Waals surface area (Å²) in [6.07, 6.45) is -4.58.